The first-order chi connectivity index (χ1) is 35.5. The Kier molecular flexibility index (Phi) is 13.5. The molecule has 18 heteroatoms. The minimum Gasteiger partial charge on any atom is -0.489 e. The molecule has 2 saturated carbocycles. The van der Waals surface area contributed by atoms with Crippen LogP contribution < -0.4 is 29.1 Å². The predicted molar refractivity (Wildman–Crippen MR) is 283 cm³/mol. The number of carbonyl (C=O) groups is 1. The molecule has 11 rings (SSSR count). The number of hydrogen-bond acceptors (Lipinski definition) is 14. The van der Waals surface area contributed by atoms with Gasteiger partial charge in [-0.15, -0.1) is 0 Å². The number of hydrogen-bond donors (Lipinski definition) is 4. The molecule has 2 atom stereocenters. The molecule has 3 aromatic carbocycles. The summed E-state index contributed by atoms with van der Waals surface area (Å²) in [6.45, 7) is 11.0. The monoisotopic (exact) mass is 1030 g/mol. The summed E-state index contributed by atoms with van der Waals surface area (Å²) in [5.41, 5.74) is 3.42. The number of carbonyl (C=O) groups excluding carboxylic acids is 1. The highest BCUT2D eigenvalue weighted by molar-refractivity contribution is 7.90. The number of likely N-dealkylation sites (tertiary alicyclic amines) is 2. The van der Waals surface area contributed by atoms with Crippen molar-refractivity contribution in [1.82, 2.24) is 24.5 Å². The number of aliphatic hydroxyl groups is 1. The maximum absolute atomic E-state index is 14.5. The van der Waals surface area contributed by atoms with E-state index in [0.29, 0.717) is 49.3 Å². The van der Waals surface area contributed by atoms with Gasteiger partial charge in [-0.2, -0.15) is 4.98 Å². The van der Waals surface area contributed by atoms with Gasteiger partial charge in [0.2, 0.25) is 0 Å². The van der Waals surface area contributed by atoms with Crippen LogP contribution in [0, 0.1) is 21.4 Å². The van der Waals surface area contributed by atoms with Crippen molar-refractivity contribution in [2.45, 2.75) is 138 Å². The molecule has 74 heavy (non-hydrogen) atoms. The molecule has 6 heterocycles. The highest BCUT2D eigenvalue weighted by Crippen LogP contribution is 2.55. The molecule has 1 spiro atoms. The van der Waals surface area contributed by atoms with Crippen LogP contribution in [-0.2, 0) is 10.0 Å². The van der Waals surface area contributed by atoms with E-state index in [0.717, 1.165) is 75.5 Å². The fourth-order valence-corrected chi connectivity index (χ4v) is 13.9. The fourth-order valence-electron chi connectivity index (χ4n) is 12.9. The summed E-state index contributed by atoms with van der Waals surface area (Å²) in [6.07, 6.45) is 12.7. The van der Waals surface area contributed by atoms with Crippen molar-refractivity contribution in [2.75, 3.05) is 56.6 Å². The second-order valence-corrected chi connectivity index (χ2v) is 24.4. The topological polar surface area (TPSA) is 205 Å². The largest absolute Gasteiger partial charge is 0.489 e. The first kappa shape index (κ1) is 50.2. The van der Waals surface area contributed by atoms with Gasteiger partial charge in [-0.05, 0) is 150 Å². The molecule has 4 aliphatic heterocycles. The number of nitro groups is 1. The SMILES string of the molecule is CC(C)c1ccccc1[C@@H]1CCCN1C1CC2(CCN(c3ccc(C(=O)NS(=O)(=O)c4cc5c(c([N+](=O)[O-])c4)N[C@@H]([C@H]4CC[C@](C)(O)CC4)CO5)c(Oc4cc5cc[nH]c5nc4OC4CCN(C)CC4)c3)CC2)C1. The van der Waals surface area contributed by atoms with E-state index in [9.17, 15) is 28.4 Å². The zero-order valence-electron chi connectivity index (χ0n) is 43.0. The van der Waals surface area contributed by atoms with Gasteiger partial charge in [0.05, 0.1) is 27.0 Å². The lowest BCUT2D eigenvalue weighted by atomic mass is 9.59. The molecule has 394 valence electrons. The number of pyridine rings is 1. The van der Waals surface area contributed by atoms with E-state index in [1.807, 2.05) is 19.1 Å². The highest BCUT2D eigenvalue weighted by Gasteiger charge is 2.50. The molecule has 5 aromatic rings. The lowest BCUT2D eigenvalue weighted by Gasteiger charge is -2.56. The van der Waals surface area contributed by atoms with E-state index >= 15 is 0 Å². The average molecular weight is 1030 g/mol. The Balaban J connectivity index is 0.847. The normalized spacial score (nSPS) is 24.8. The van der Waals surface area contributed by atoms with Crippen LogP contribution in [0.1, 0.15) is 131 Å². The van der Waals surface area contributed by atoms with Gasteiger partial charge in [-0.25, -0.2) is 13.1 Å². The maximum Gasteiger partial charge on any atom is 0.297 e. The molecule has 4 N–H and O–H groups in total. The van der Waals surface area contributed by atoms with E-state index in [1.165, 1.54) is 42.9 Å². The molecule has 1 amide bonds. The van der Waals surface area contributed by atoms with Crippen molar-refractivity contribution in [3.63, 3.8) is 0 Å². The maximum atomic E-state index is 14.5. The zero-order valence-corrected chi connectivity index (χ0v) is 43.8. The average Bonchev–Trinajstić information content (AvgIpc) is 4.06. The van der Waals surface area contributed by atoms with Gasteiger partial charge in [0.15, 0.2) is 17.2 Å². The van der Waals surface area contributed by atoms with Crippen LogP contribution in [-0.4, -0.2) is 114 Å². The van der Waals surface area contributed by atoms with Crippen LogP contribution in [0.4, 0.5) is 17.1 Å². The number of ether oxygens (including phenoxy) is 3. The number of rotatable bonds is 13. The summed E-state index contributed by atoms with van der Waals surface area (Å²) in [6, 6.07) is 20.8. The van der Waals surface area contributed by atoms with Crippen LogP contribution in [0.3, 0.4) is 0 Å². The highest BCUT2D eigenvalue weighted by atomic mass is 32.2. The Morgan fingerprint density at radius 1 is 0.946 bits per heavy atom. The number of benzene rings is 3. The zero-order chi connectivity index (χ0) is 51.5. The summed E-state index contributed by atoms with van der Waals surface area (Å²) in [5, 5.41) is 27.1. The number of anilines is 2. The van der Waals surface area contributed by atoms with Gasteiger partial charge >= 0.3 is 0 Å². The van der Waals surface area contributed by atoms with E-state index in [1.54, 1.807) is 24.4 Å². The number of piperidine rings is 2. The Bertz CT molecular complexity index is 3020. The first-order valence-corrected chi connectivity index (χ1v) is 28.2. The van der Waals surface area contributed by atoms with Crippen molar-refractivity contribution < 1.29 is 37.5 Å². The smallest absolute Gasteiger partial charge is 0.297 e. The van der Waals surface area contributed by atoms with Gasteiger partial charge in [-0.3, -0.25) is 19.8 Å². The molecule has 2 aromatic heterocycles. The quantitative estimate of drug-likeness (QED) is 0.0641. The van der Waals surface area contributed by atoms with E-state index < -0.39 is 37.0 Å². The minimum atomic E-state index is -4.72. The van der Waals surface area contributed by atoms with Gasteiger partial charge in [-0.1, -0.05) is 38.1 Å². The number of nitro benzene ring substituents is 1. The van der Waals surface area contributed by atoms with Crippen LogP contribution in [0.2, 0.25) is 0 Å². The van der Waals surface area contributed by atoms with E-state index in [-0.39, 0.29) is 64.5 Å². The Labute approximate surface area is 433 Å². The molecular formula is C56H70N8O9S. The molecule has 0 radical (unpaired) electrons. The molecule has 2 aliphatic carbocycles. The van der Waals surface area contributed by atoms with Gasteiger partial charge in [0.25, 0.3) is 27.5 Å². The Morgan fingerprint density at radius 3 is 2.45 bits per heavy atom. The number of nitrogens with one attached hydrogen (secondary N) is 3. The molecule has 3 saturated heterocycles. The molecule has 17 nitrogen and oxygen atoms in total. The third-order valence-corrected chi connectivity index (χ3v) is 18.6. The number of aromatic nitrogens is 2. The van der Waals surface area contributed by atoms with E-state index in [4.69, 9.17) is 19.2 Å². The van der Waals surface area contributed by atoms with Crippen LogP contribution in [0.15, 0.2) is 77.8 Å². The summed E-state index contributed by atoms with van der Waals surface area (Å²) in [7, 11) is -2.64. The standard InChI is InChI=1S/C56H70N8O9S/c1-35(2)42-8-5-6-9-43(42)46-10-7-23-63(46)39-32-56(33-39)20-26-62(27-21-56)38-11-12-44(48(29-38)73-50-28-37-15-22-57-52(37)59-54(50)72-40-16-24-61(4)25-17-40)53(65)60-74(69,70)41-30-47(64(67)68)51-49(31-41)71-34-45(58-51)36-13-18-55(3,66)19-14-36/h5-6,8-9,11-12,15,22,28-31,35-36,39-40,45-46,58,66H,7,10,13-14,16-21,23-27,32-34H2,1-4H3,(H,57,59)(H,60,65)/t36-,45-,46+,55-/m1/s1. The lowest BCUT2D eigenvalue weighted by Crippen LogP contribution is -2.54. The Morgan fingerprint density at radius 2 is 1.70 bits per heavy atom. The third-order valence-electron chi connectivity index (χ3n) is 17.3. The molecule has 0 unspecified atom stereocenters. The summed E-state index contributed by atoms with van der Waals surface area (Å²) in [5.74, 6) is 0.212. The predicted octanol–water partition coefficient (Wildman–Crippen LogP) is 9.68. The van der Waals surface area contributed by atoms with Crippen LogP contribution in [0.25, 0.3) is 11.0 Å². The van der Waals surface area contributed by atoms with Crippen LogP contribution in [0.5, 0.6) is 23.1 Å². The van der Waals surface area contributed by atoms with Gasteiger partial charge in [0, 0.05) is 73.7 Å². The first-order valence-electron chi connectivity index (χ1n) is 26.8. The number of fused-ring (bicyclic) bond motifs is 2. The Hall–Kier alpha value is -5.95. The summed E-state index contributed by atoms with van der Waals surface area (Å²) >= 11 is 0. The molecule has 0 bridgehead atoms. The number of H-pyrrole nitrogens is 1. The second kappa shape index (κ2) is 20.0. The minimum absolute atomic E-state index is 0.00219. The van der Waals surface area contributed by atoms with Crippen molar-refractivity contribution in [3.05, 3.63) is 99.7 Å². The number of amides is 1. The summed E-state index contributed by atoms with van der Waals surface area (Å²) < 4.78 is 50.0. The number of aromatic amines is 1. The molecule has 5 fully saturated rings. The fraction of sp³-hybridized carbons (Fsp3) is 0.536. The van der Waals surface area contributed by atoms with Crippen molar-refractivity contribution >= 4 is 44.0 Å². The second-order valence-electron chi connectivity index (χ2n) is 22.7. The van der Waals surface area contributed by atoms with E-state index in [2.05, 4.69) is 74.9 Å². The number of sulfonamides is 1. The lowest BCUT2D eigenvalue weighted by molar-refractivity contribution is -0.384. The van der Waals surface area contributed by atoms with Crippen LogP contribution >= 0.6 is 0 Å². The molecule has 6 aliphatic rings. The number of nitrogens with zero attached hydrogens (tertiary/aromatic N) is 5. The van der Waals surface area contributed by atoms with Crippen molar-refractivity contribution in [1.29, 1.82) is 0 Å². The molecular weight excluding hydrogens is 961 g/mol. The third kappa shape index (κ3) is 10.1. The van der Waals surface area contributed by atoms with Crippen molar-refractivity contribution in [2.24, 2.45) is 11.3 Å². The van der Waals surface area contributed by atoms with Crippen molar-refractivity contribution in [3.8, 4) is 23.1 Å². The van der Waals surface area contributed by atoms with Gasteiger partial charge < -0.3 is 39.4 Å². The summed E-state index contributed by atoms with van der Waals surface area (Å²) in [4.78, 5) is 41.2. The van der Waals surface area contributed by atoms with Gasteiger partial charge in [0.1, 0.15) is 24.1 Å².